The molecule has 0 unspecified atom stereocenters. The highest BCUT2D eigenvalue weighted by Gasteiger charge is 2.19. The van der Waals surface area contributed by atoms with Crippen LogP contribution in [0.25, 0.3) is 39.0 Å². The zero-order valence-electron chi connectivity index (χ0n) is 16.7. The second kappa shape index (κ2) is 6.81. The van der Waals surface area contributed by atoms with Crippen LogP contribution in [0.2, 0.25) is 0 Å². The van der Waals surface area contributed by atoms with E-state index in [1.807, 2.05) is 85.3 Å². The number of aromatic nitrogens is 3. The lowest BCUT2D eigenvalue weighted by Gasteiger charge is -2.16. The van der Waals surface area contributed by atoms with Gasteiger partial charge >= 0.3 is 0 Å². The number of para-hydroxylation sites is 2. The topological polar surface area (TPSA) is 56.9 Å². The maximum atomic E-state index is 13.7. The van der Waals surface area contributed by atoms with Crippen molar-refractivity contribution in [2.45, 2.75) is 6.92 Å². The third kappa shape index (κ3) is 2.67. The maximum Gasteiger partial charge on any atom is 0.271 e. The van der Waals surface area contributed by atoms with E-state index >= 15 is 0 Å². The summed E-state index contributed by atoms with van der Waals surface area (Å²) in [5.41, 5.74) is 3.06. The molecule has 30 heavy (non-hydrogen) atoms. The molecule has 0 N–H and O–H groups in total. The van der Waals surface area contributed by atoms with Gasteiger partial charge in [-0.25, -0.2) is 4.98 Å². The summed E-state index contributed by atoms with van der Waals surface area (Å²) in [4.78, 5) is 31.8. The second-order valence-corrected chi connectivity index (χ2v) is 7.38. The smallest absolute Gasteiger partial charge is 0.271 e. The number of rotatable bonds is 2. The zero-order chi connectivity index (χ0) is 20.8. The van der Waals surface area contributed by atoms with Gasteiger partial charge in [-0.05, 0) is 31.2 Å². The highest BCUT2D eigenvalue weighted by molar-refractivity contribution is 5.92. The summed E-state index contributed by atoms with van der Waals surface area (Å²) in [6.45, 7) is 2.01. The van der Waals surface area contributed by atoms with Crippen LogP contribution < -0.4 is 11.0 Å². The van der Waals surface area contributed by atoms with Gasteiger partial charge in [0.25, 0.3) is 5.56 Å². The molecule has 0 fully saturated rings. The molecule has 2 heterocycles. The molecule has 5 nitrogen and oxygen atoms in total. The number of hydrogen-bond acceptors (Lipinski definition) is 3. The fourth-order valence-electron chi connectivity index (χ4n) is 3.87. The highest BCUT2D eigenvalue weighted by atomic mass is 16.1. The lowest BCUT2D eigenvalue weighted by molar-refractivity contribution is 0.924. The van der Waals surface area contributed by atoms with Crippen molar-refractivity contribution in [1.29, 1.82) is 0 Å². The third-order valence-electron chi connectivity index (χ3n) is 5.44. The quantitative estimate of drug-likeness (QED) is 0.422. The van der Waals surface area contributed by atoms with Crippen LogP contribution in [0.4, 0.5) is 0 Å². The predicted octanol–water partition coefficient (Wildman–Crippen LogP) is 4.21. The average molecular weight is 393 g/mol. The Kier molecular flexibility index (Phi) is 4.10. The molecule has 2 aromatic heterocycles. The minimum atomic E-state index is -0.367. The van der Waals surface area contributed by atoms with Gasteiger partial charge in [0, 0.05) is 18.0 Å². The number of aryl methyl sites for hydroxylation is 2. The van der Waals surface area contributed by atoms with Crippen LogP contribution in [0.5, 0.6) is 0 Å². The van der Waals surface area contributed by atoms with Crippen LogP contribution in [0.15, 0.2) is 88.5 Å². The van der Waals surface area contributed by atoms with E-state index in [0.717, 1.165) is 16.6 Å². The van der Waals surface area contributed by atoms with Crippen molar-refractivity contribution in [2.75, 3.05) is 0 Å². The SMILES string of the molecule is Cc1ccc(-c2nc3c(c(=O)c4ccccc4n3C)c(=O)n2-c2ccccc2)cc1. The lowest BCUT2D eigenvalue weighted by atomic mass is 10.1. The number of nitrogens with zero attached hydrogens (tertiary/aromatic N) is 3. The van der Waals surface area contributed by atoms with Crippen molar-refractivity contribution >= 4 is 21.9 Å². The van der Waals surface area contributed by atoms with E-state index in [0.29, 0.717) is 22.5 Å². The summed E-state index contributed by atoms with van der Waals surface area (Å²) >= 11 is 0. The van der Waals surface area contributed by atoms with Gasteiger partial charge in [-0.1, -0.05) is 60.2 Å². The van der Waals surface area contributed by atoms with Crippen molar-refractivity contribution in [3.05, 3.63) is 105 Å². The van der Waals surface area contributed by atoms with E-state index in [1.54, 1.807) is 12.1 Å². The van der Waals surface area contributed by atoms with Crippen molar-refractivity contribution in [3.63, 3.8) is 0 Å². The number of benzene rings is 3. The molecule has 0 atom stereocenters. The molecule has 0 saturated carbocycles. The first-order valence-electron chi connectivity index (χ1n) is 9.73. The molecule has 0 amide bonds. The summed E-state index contributed by atoms with van der Waals surface area (Å²) in [6, 6.07) is 24.5. The van der Waals surface area contributed by atoms with Gasteiger partial charge in [-0.2, -0.15) is 0 Å². The van der Waals surface area contributed by atoms with Gasteiger partial charge in [0.1, 0.15) is 11.2 Å². The molecule has 3 aromatic carbocycles. The molecule has 5 heteroatoms. The first-order valence-corrected chi connectivity index (χ1v) is 9.73. The molecule has 5 aromatic rings. The Bertz CT molecular complexity index is 1530. The Morgan fingerprint density at radius 1 is 0.800 bits per heavy atom. The minimum Gasteiger partial charge on any atom is -0.328 e. The van der Waals surface area contributed by atoms with Crippen molar-refractivity contribution in [3.8, 4) is 17.1 Å². The van der Waals surface area contributed by atoms with E-state index < -0.39 is 0 Å². The van der Waals surface area contributed by atoms with Gasteiger partial charge in [-0.15, -0.1) is 0 Å². The van der Waals surface area contributed by atoms with E-state index in [9.17, 15) is 9.59 Å². The van der Waals surface area contributed by atoms with Crippen LogP contribution in [0.1, 0.15) is 5.56 Å². The normalized spacial score (nSPS) is 11.3. The Morgan fingerprint density at radius 2 is 1.47 bits per heavy atom. The van der Waals surface area contributed by atoms with Crippen molar-refractivity contribution in [1.82, 2.24) is 14.1 Å². The van der Waals surface area contributed by atoms with Crippen LogP contribution in [-0.4, -0.2) is 14.1 Å². The Balaban J connectivity index is 2.01. The Morgan fingerprint density at radius 3 is 2.20 bits per heavy atom. The van der Waals surface area contributed by atoms with Gasteiger partial charge in [-0.3, -0.25) is 14.2 Å². The summed E-state index contributed by atoms with van der Waals surface area (Å²) in [7, 11) is 1.84. The van der Waals surface area contributed by atoms with Crippen molar-refractivity contribution < 1.29 is 0 Å². The molecular formula is C25H19N3O2. The fourth-order valence-corrected chi connectivity index (χ4v) is 3.87. The van der Waals surface area contributed by atoms with Gasteiger partial charge < -0.3 is 4.57 Å². The molecule has 0 spiro atoms. The highest BCUT2D eigenvalue weighted by Crippen LogP contribution is 2.23. The van der Waals surface area contributed by atoms with E-state index in [-0.39, 0.29) is 16.4 Å². The number of hydrogen-bond donors (Lipinski definition) is 0. The summed E-state index contributed by atoms with van der Waals surface area (Å²) in [5, 5.41) is 0.602. The monoisotopic (exact) mass is 393 g/mol. The fraction of sp³-hybridized carbons (Fsp3) is 0.0800. The minimum absolute atomic E-state index is 0.0934. The molecule has 0 aliphatic rings. The summed E-state index contributed by atoms with van der Waals surface area (Å²) in [5.74, 6) is 0.504. The summed E-state index contributed by atoms with van der Waals surface area (Å²) in [6.07, 6.45) is 0. The van der Waals surface area contributed by atoms with Crippen LogP contribution >= 0.6 is 0 Å². The Labute approximate surface area is 172 Å². The largest absolute Gasteiger partial charge is 0.328 e. The number of pyridine rings is 1. The molecule has 0 aliphatic heterocycles. The molecule has 0 bridgehead atoms. The molecular weight excluding hydrogens is 374 g/mol. The van der Waals surface area contributed by atoms with Gasteiger partial charge in [0.15, 0.2) is 5.65 Å². The molecule has 0 saturated heterocycles. The molecule has 0 aliphatic carbocycles. The van der Waals surface area contributed by atoms with Gasteiger partial charge in [0.05, 0.1) is 11.2 Å². The predicted molar refractivity (Wildman–Crippen MR) is 120 cm³/mol. The van der Waals surface area contributed by atoms with Gasteiger partial charge in [0.2, 0.25) is 5.43 Å². The number of fused-ring (bicyclic) bond motifs is 2. The van der Waals surface area contributed by atoms with Crippen LogP contribution in [-0.2, 0) is 7.05 Å². The first-order chi connectivity index (χ1) is 14.6. The molecule has 5 rings (SSSR count). The maximum absolute atomic E-state index is 13.7. The standard InChI is InChI=1S/C25H19N3O2/c1-16-12-14-17(15-13-16)23-26-24-21(25(30)28(23)18-8-4-3-5-9-18)22(29)19-10-6-7-11-20(19)27(24)2/h3-15H,1-2H3. The lowest BCUT2D eigenvalue weighted by Crippen LogP contribution is -2.28. The average Bonchev–Trinajstić information content (AvgIpc) is 2.78. The first kappa shape index (κ1) is 18.1. The Hall–Kier alpha value is -3.99. The van der Waals surface area contributed by atoms with E-state index in [1.165, 1.54) is 4.57 Å². The van der Waals surface area contributed by atoms with Crippen molar-refractivity contribution in [2.24, 2.45) is 7.05 Å². The zero-order valence-corrected chi connectivity index (χ0v) is 16.7. The molecule has 0 radical (unpaired) electrons. The van der Waals surface area contributed by atoms with Crippen LogP contribution in [0, 0.1) is 6.92 Å². The second-order valence-electron chi connectivity index (χ2n) is 7.38. The molecule has 146 valence electrons. The summed E-state index contributed by atoms with van der Waals surface area (Å²) < 4.78 is 3.35. The van der Waals surface area contributed by atoms with E-state index in [2.05, 4.69) is 0 Å². The van der Waals surface area contributed by atoms with E-state index in [4.69, 9.17) is 4.98 Å². The third-order valence-corrected chi connectivity index (χ3v) is 5.44. The van der Waals surface area contributed by atoms with Crippen LogP contribution in [0.3, 0.4) is 0 Å².